The average Bonchev–Trinajstić information content (AvgIpc) is 2.41. The first kappa shape index (κ1) is 17.0. The number of nitrogens with one attached hydrogen (secondary N) is 2. The van der Waals surface area contributed by atoms with E-state index in [1.807, 2.05) is 20.8 Å². The summed E-state index contributed by atoms with van der Waals surface area (Å²) < 4.78 is 0. The van der Waals surface area contributed by atoms with E-state index in [0.717, 1.165) is 25.7 Å². The van der Waals surface area contributed by atoms with Crippen LogP contribution >= 0.6 is 0 Å². The summed E-state index contributed by atoms with van der Waals surface area (Å²) in [5.74, 6) is 0.256. The first-order valence-electron chi connectivity index (χ1n) is 7.78. The predicted octanol–water partition coefficient (Wildman–Crippen LogP) is 1.17. The van der Waals surface area contributed by atoms with Gasteiger partial charge in [-0.3, -0.25) is 9.59 Å². The van der Waals surface area contributed by atoms with Crippen molar-refractivity contribution in [3.63, 3.8) is 0 Å². The van der Waals surface area contributed by atoms with Crippen LogP contribution in [0.2, 0.25) is 0 Å². The van der Waals surface area contributed by atoms with Crippen molar-refractivity contribution in [2.24, 2.45) is 17.6 Å². The zero-order valence-corrected chi connectivity index (χ0v) is 12.9. The fourth-order valence-corrected chi connectivity index (χ4v) is 2.65. The smallest absolute Gasteiger partial charge is 0.223 e. The monoisotopic (exact) mass is 283 g/mol. The van der Waals surface area contributed by atoms with Crippen molar-refractivity contribution in [2.75, 3.05) is 6.54 Å². The first-order valence-corrected chi connectivity index (χ1v) is 7.78. The largest absolute Gasteiger partial charge is 0.355 e. The summed E-state index contributed by atoms with van der Waals surface area (Å²) in [5, 5.41) is 5.76. The number of hydrogen-bond acceptors (Lipinski definition) is 3. The third-order valence-electron chi connectivity index (χ3n) is 4.37. The van der Waals surface area contributed by atoms with E-state index in [4.69, 9.17) is 5.73 Å². The first-order chi connectivity index (χ1) is 9.45. The summed E-state index contributed by atoms with van der Waals surface area (Å²) in [4.78, 5) is 23.7. The quantitative estimate of drug-likeness (QED) is 0.684. The van der Waals surface area contributed by atoms with Crippen LogP contribution in [0.3, 0.4) is 0 Å². The number of hydrogen-bond donors (Lipinski definition) is 3. The average molecular weight is 283 g/mol. The number of nitrogens with two attached hydrogens (primary N) is 1. The Morgan fingerprint density at radius 3 is 2.70 bits per heavy atom. The summed E-state index contributed by atoms with van der Waals surface area (Å²) >= 11 is 0. The minimum Gasteiger partial charge on any atom is -0.355 e. The number of carbonyl (C=O) groups excluding carboxylic acids is 2. The predicted molar refractivity (Wildman–Crippen MR) is 80.0 cm³/mol. The second-order valence-corrected chi connectivity index (χ2v) is 5.98. The van der Waals surface area contributed by atoms with Crippen molar-refractivity contribution in [1.82, 2.24) is 10.6 Å². The molecule has 1 aliphatic carbocycles. The van der Waals surface area contributed by atoms with Gasteiger partial charge in [0.1, 0.15) is 0 Å². The summed E-state index contributed by atoms with van der Waals surface area (Å²) in [5.41, 5.74) is 6.01. The molecule has 0 saturated heterocycles. The molecule has 5 heteroatoms. The normalized spacial score (nSPS) is 27.7. The molecule has 0 aromatic carbocycles. The molecule has 116 valence electrons. The maximum absolute atomic E-state index is 12.1. The summed E-state index contributed by atoms with van der Waals surface area (Å²) in [6.45, 7) is 6.45. The van der Waals surface area contributed by atoms with Gasteiger partial charge in [0, 0.05) is 31.0 Å². The van der Waals surface area contributed by atoms with Crippen LogP contribution in [-0.2, 0) is 9.59 Å². The zero-order valence-electron chi connectivity index (χ0n) is 12.9. The molecule has 0 aliphatic heterocycles. The fraction of sp³-hybridized carbons (Fsp3) is 0.867. The Balaban J connectivity index is 2.27. The molecule has 2 amide bonds. The van der Waals surface area contributed by atoms with Gasteiger partial charge in [-0.2, -0.15) is 0 Å². The van der Waals surface area contributed by atoms with Crippen molar-refractivity contribution in [2.45, 2.75) is 65.0 Å². The summed E-state index contributed by atoms with van der Waals surface area (Å²) in [6.07, 6.45) is 4.17. The molecule has 0 aromatic heterocycles. The molecule has 4 N–H and O–H groups in total. The van der Waals surface area contributed by atoms with E-state index in [1.54, 1.807) is 0 Å². The number of carbonyl (C=O) groups is 2. The molecule has 1 saturated carbocycles. The topological polar surface area (TPSA) is 84.2 Å². The van der Waals surface area contributed by atoms with Crippen molar-refractivity contribution in [1.29, 1.82) is 0 Å². The highest BCUT2D eigenvalue weighted by Gasteiger charge is 2.32. The molecular formula is C15H29N3O2. The lowest BCUT2D eigenvalue weighted by Gasteiger charge is -2.32. The van der Waals surface area contributed by atoms with E-state index in [-0.39, 0.29) is 35.7 Å². The van der Waals surface area contributed by atoms with Crippen LogP contribution in [0.25, 0.3) is 0 Å². The van der Waals surface area contributed by atoms with Gasteiger partial charge in [-0.15, -0.1) is 0 Å². The standard InChI is InChI=1S/C15H29N3O2/c1-4-10(2)18-14(19)8-9-17-15(20)12-6-5-7-13(16)11(12)3/h10-13H,4-9,16H2,1-3H3,(H,17,20)(H,18,19). The lowest BCUT2D eigenvalue weighted by Crippen LogP contribution is -2.45. The van der Waals surface area contributed by atoms with Gasteiger partial charge in [0.05, 0.1) is 0 Å². The lowest BCUT2D eigenvalue weighted by atomic mass is 9.77. The van der Waals surface area contributed by atoms with Gasteiger partial charge in [-0.25, -0.2) is 0 Å². The Kier molecular flexibility index (Phi) is 6.99. The van der Waals surface area contributed by atoms with E-state index >= 15 is 0 Å². The van der Waals surface area contributed by atoms with E-state index < -0.39 is 0 Å². The second-order valence-electron chi connectivity index (χ2n) is 5.98. The van der Waals surface area contributed by atoms with Crippen LogP contribution in [0, 0.1) is 11.8 Å². The minimum absolute atomic E-state index is 0.00335. The summed E-state index contributed by atoms with van der Waals surface area (Å²) in [7, 11) is 0. The van der Waals surface area contributed by atoms with Crippen LogP contribution < -0.4 is 16.4 Å². The molecule has 0 bridgehead atoms. The Hall–Kier alpha value is -1.10. The SMILES string of the molecule is CCC(C)NC(=O)CCNC(=O)C1CCCC(N)C1C. The molecule has 0 spiro atoms. The Morgan fingerprint density at radius 2 is 2.05 bits per heavy atom. The second kappa shape index (κ2) is 8.25. The molecule has 4 unspecified atom stereocenters. The molecule has 0 heterocycles. The molecule has 4 atom stereocenters. The van der Waals surface area contributed by atoms with Gasteiger partial charge in [-0.05, 0) is 32.1 Å². The van der Waals surface area contributed by atoms with Gasteiger partial charge in [0.15, 0.2) is 0 Å². The summed E-state index contributed by atoms with van der Waals surface area (Å²) in [6, 6.07) is 0.308. The van der Waals surface area contributed by atoms with Crippen LogP contribution in [0.15, 0.2) is 0 Å². The highest BCUT2D eigenvalue weighted by atomic mass is 16.2. The van der Waals surface area contributed by atoms with Gasteiger partial charge < -0.3 is 16.4 Å². The Labute approximate surface area is 122 Å². The molecule has 1 rings (SSSR count). The molecule has 0 aromatic rings. The third-order valence-corrected chi connectivity index (χ3v) is 4.37. The van der Waals surface area contributed by atoms with Crippen molar-refractivity contribution in [3.05, 3.63) is 0 Å². The number of rotatable bonds is 6. The van der Waals surface area contributed by atoms with Crippen LogP contribution in [0.1, 0.15) is 52.9 Å². The van der Waals surface area contributed by atoms with Crippen molar-refractivity contribution < 1.29 is 9.59 Å². The molecule has 5 nitrogen and oxygen atoms in total. The molecule has 1 aliphatic rings. The maximum atomic E-state index is 12.1. The molecule has 0 radical (unpaired) electrons. The van der Waals surface area contributed by atoms with E-state index in [2.05, 4.69) is 10.6 Å². The Morgan fingerprint density at radius 1 is 1.35 bits per heavy atom. The highest BCUT2D eigenvalue weighted by Crippen LogP contribution is 2.28. The third kappa shape index (κ3) is 5.12. The van der Waals surface area contributed by atoms with Crippen LogP contribution in [0.5, 0.6) is 0 Å². The zero-order chi connectivity index (χ0) is 15.1. The van der Waals surface area contributed by atoms with Gasteiger partial charge in [0.25, 0.3) is 0 Å². The molecule has 1 fully saturated rings. The van der Waals surface area contributed by atoms with Gasteiger partial charge in [0.2, 0.25) is 11.8 Å². The van der Waals surface area contributed by atoms with E-state index in [0.29, 0.717) is 13.0 Å². The van der Waals surface area contributed by atoms with Gasteiger partial charge in [-0.1, -0.05) is 20.3 Å². The minimum atomic E-state index is -0.00644. The van der Waals surface area contributed by atoms with Crippen LogP contribution in [-0.4, -0.2) is 30.4 Å². The van der Waals surface area contributed by atoms with Gasteiger partial charge >= 0.3 is 0 Å². The number of amides is 2. The molecule has 20 heavy (non-hydrogen) atoms. The maximum Gasteiger partial charge on any atom is 0.223 e. The molecular weight excluding hydrogens is 254 g/mol. The van der Waals surface area contributed by atoms with Crippen molar-refractivity contribution >= 4 is 11.8 Å². The van der Waals surface area contributed by atoms with Crippen molar-refractivity contribution in [3.8, 4) is 0 Å². The van der Waals surface area contributed by atoms with E-state index in [9.17, 15) is 9.59 Å². The highest BCUT2D eigenvalue weighted by molar-refractivity contribution is 5.80. The van der Waals surface area contributed by atoms with E-state index in [1.165, 1.54) is 0 Å². The van der Waals surface area contributed by atoms with Crippen LogP contribution in [0.4, 0.5) is 0 Å². The Bertz CT molecular complexity index is 333. The lowest BCUT2D eigenvalue weighted by molar-refractivity contribution is -0.128. The fourth-order valence-electron chi connectivity index (χ4n) is 2.65.